The normalized spacial score (nSPS) is 15.3. The molecule has 0 atom stereocenters. The molecule has 0 bridgehead atoms. The molecule has 1 aliphatic heterocycles. The Morgan fingerprint density at radius 2 is 1.88 bits per heavy atom. The minimum Gasteiger partial charge on any atom is -0.490 e. The number of ether oxygens (including phenoxy) is 1. The zero-order valence-corrected chi connectivity index (χ0v) is 19.5. The highest BCUT2D eigenvalue weighted by Gasteiger charge is 2.30. The maximum absolute atomic E-state index is 13.2. The van der Waals surface area contributed by atoms with E-state index in [4.69, 9.17) is 4.74 Å². The molecule has 1 aromatic heterocycles. The van der Waals surface area contributed by atoms with E-state index in [1.807, 2.05) is 4.90 Å². The molecule has 176 valence electrons. The van der Waals surface area contributed by atoms with E-state index in [-0.39, 0.29) is 28.2 Å². The first-order valence-corrected chi connectivity index (χ1v) is 12.7. The zero-order chi connectivity index (χ0) is 23.7. The average molecular weight is 492 g/mol. The van der Waals surface area contributed by atoms with Crippen molar-refractivity contribution in [3.8, 4) is 5.75 Å². The molecule has 0 N–H and O–H groups in total. The number of hydrogen-bond donors (Lipinski definition) is 0. The van der Waals surface area contributed by atoms with Crippen molar-refractivity contribution in [1.29, 1.82) is 0 Å². The van der Waals surface area contributed by atoms with E-state index in [0.29, 0.717) is 37.1 Å². The molecule has 1 saturated heterocycles. The molecule has 7 nitrogen and oxygen atoms in total. The summed E-state index contributed by atoms with van der Waals surface area (Å²) in [5, 5.41) is 1.88. The van der Waals surface area contributed by atoms with E-state index in [1.54, 1.807) is 18.7 Å². The van der Waals surface area contributed by atoms with Gasteiger partial charge in [0.1, 0.15) is 5.75 Å². The number of hydrogen-bond acceptors (Lipinski definition) is 7. The van der Waals surface area contributed by atoms with Gasteiger partial charge in [-0.25, -0.2) is 13.4 Å². The number of thiazole rings is 1. The lowest BCUT2D eigenvalue weighted by atomic mass is 10.1. The van der Waals surface area contributed by atoms with Gasteiger partial charge in [-0.2, -0.15) is 13.2 Å². The van der Waals surface area contributed by atoms with Gasteiger partial charge in [-0.3, -0.25) is 4.79 Å². The average Bonchev–Trinajstić information content (AvgIpc) is 3.13. The highest BCUT2D eigenvalue weighted by atomic mass is 32.2. The van der Waals surface area contributed by atoms with Gasteiger partial charge in [0.05, 0.1) is 28.7 Å². The van der Waals surface area contributed by atoms with Crippen LogP contribution in [-0.4, -0.2) is 68.9 Å². The molecule has 2 aromatic rings. The second-order valence-electron chi connectivity index (χ2n) is 7.79. The lowest BCUT2D eigenvalue weighted by Crippen LogP contribution is -2.49. The van der Waals surface area contributed by atoms with Crippen LogP contribution in [0, 0.1) is 0 Å². The van der Waals surface area contributed by atoms with Crippen molar-refractivity contribution in [2.24, 2.45) is 0 Å². The SMILES string of the molecule is CC(C)Oc1ccc(S(C)(=O)=O)cc1C(=O)N1CCN(c2nc(CC(F)(F)F)cs2)CC1. The molecule has 1 aromatic carbocycles. The van der Waals surface area contributed by atoms with E-state index in [0.717, 1.165) is 17.6 Å². The Bertz CT molecular complexity index is 1080. The smallest absolute Gasteiger partial charge is 0.394 e. The Morgan fingerprint density at radius 1 is 1.22 bits per heavy atom. The van der Waals surface area contributed by atoms with Gasteiger partial charge < -0.3 is 14.5 Å². The van der Waals surface area contributed by atoms with Crippen LogP contribution in [0.15, 0.2) is 28.5 Å². The maximum atomic E-state index is 13.2. The summed E-state index contributed by atoms with van der Waals surface area (Å²) in [7, 11) is -3.51. The largest absolute Gasteiger partial charge is 0.490 e. The number of carbonyl (C=O) groups is 1. The number of rotatable bonds is 6. The molecule has 1 aliphatic rings. The van der Waals surface area contributed by atoms with Crippen molar-refractivity contribution in [2.75, 3.05) is 37.3 Å². The van der Waals surface area contributed by atoms with Crippen molar-refractivity contribution in [1.82, 2.24) is 9.88 Å². The fraction of sp³-hybridized carbons (Fsp3) is 0.500. The Balaban J connectivity index is 1.74. The van der Waals surface area contributed by atoms with E-state index < -0.39 is 22.4 Å². The van der Waals surface area contributed by atoms with Crippen LogP contribution in [0.4, 0.5) is 18.3 Å². The fourth-order valence-corrected chi connectivity index (χ4v) is 4.79. The van der Waals surface area contributed by atoms with Crippen molar-refractivity contribution in [3.05, 3.63) is 34.8 Å². The zero-order valence-electron chi connectivity index (χ0n) is 17.8. The predicted molar refractivity (Wildman–Crippen MR) is 115 cm³/mol. The lowest BCUT2D eigenvalue weighted by molar-refractivity contribution is -0.127. The van der Waals surface area contributed by atoms with Gasteiger partial charge in [-0.1, -0.05) is 0 Å². The van der Waals surface area contributed by atoms with Crippen LogP contribution >= 0.6 is 11.3 Å². The highest BCUT2D eigenvalue weighted by Crippen LogP contribution is 2.29. The fourth-order valence-electron chi connectivity index (χ4n) is 3.26. The summed E-state index contributed by atoms with van der Waals surface area (Å²) in [5.74, 6) is -0.0563. The second-order valence-corrected chi connectivity index (χ2v) is 10.6. The number of nitrogens with zero attached hydrogens (tertiary/aromatic N) is 3. The molecular formula is C20H24F3N3O4S2. The van der Waals surface area contributed by atoms with Crippen LogP contribution in [0.5, 0.6) is 5.75 Å². The van der Waals surface area contributed by atoms with Gasteiger partial charge in [-0.05, 0) is 32.0 Å². The van der Waals surface area contributed by atoms with E-state index in [1.165, 1.54) is 23.6 Å². The van der Waals surface area contributed by atoms with E-state index in [9.17, 15) is 26.4 Å². The Labute approximate surface area is 188 Å². The third-order valence-electron chi connectivity index (χ3n) is 4.73. The summed E-state index contributed by atoms with van der Waals surface area (Å²) in [6, 6.07) is 4.21. The number of alkyl halides is 3. The molecule has 3 rings (SSSR count). The Hall–Kier alpha value is -2.34. The molecule has 0 saturated carbocycles. The first-order chi connectivity index (χ1) is 14.8. The van der Waals surface area contributed by atoms with Crippen molar-refractivity contribution in [2.45, 2.75) is 37.4 Å². The summed E-state index contributed by atoms with van der Waals surface area (Å²) in [6.45, 7) is 5.04. The Morgan fingerprint density at radius 3 is 2.44 bits per heavy atom. The third-order valence-corrected chi connectivity index (χ3v) is 6.79. The van der Waals surface area contributed by atoms with Crippen molar-refractivity contribution in [3.63, 3.8) is 0 Å². The molecule has 32 heavy (non-hydrogen) atoms. The number of amides is 1. The third kappa shape index (κ3) is 6.12. The number of aromatic nitrogens is 1. The number of piperazine rings is 1. The number of halogens is 3. The predicted octanol–water partition coefficient (Wildman–Crippen LogP) is 3.40. The standard InChI is InChI=1S/C20H24F3N3O4S2/c1-13(2)30-17-5-4-15(32(3,28)29)10-16(17)18(27)25-6-8-26(9-7-25)19-24-14(12-31-19)11-20(21,22)23/h4-5,10,12-13H,6-9,11H2,1-3H3. The molecule has 2 heterocycles. The first-order valence-electron chi connectivity index (χ1n) is 9.89. The first kappa shape index (κ1) is 24.3. The van der Waals surface area contributed by atoms with Crippen LogP contribution in [0.25, 0.3) is 0 Å². The number of anilines is 1. The molecule has 0 aliphatic carbocycles. The molecule has 0 radical (unpaired) electrons. The van der Waals surface area contributed by atoms with Gasteiger partial charge in [0.25, 0.3) is 5.91 Å². The number of carbonyl (C=O) groups excluding carboxylic acids is 1. The van der Waals surface area contributed by atoms with Gasteiger partial charge in [0, 0.05) is 37.8 Å². The minimum absolute atomic E-state index is 0.0237. The highest BCUT2D eigenvalue weighted by molar-refractivity contribution is 7.90. The number of benzene rings is 1. The summed E-state index contributed by atoms with van der Waals surface area (Å²) in [5.41, 5.74) is 0.140. The van der Waals surface area contributed by atoms with Crippen LogP contribution in [-0.2, 0) is 16.3 Å². The summed E-state index contributed by atoms with van der Waals surface area (Å²) >= 11 is 1.14. The van der Waals surface area contributed by atoms with Crippen LogP contribution in [0.3, 0.4) is 0 Å². The summed E-state index contributed by atoms with van der Waals surface area (Å²) in [6.07, 6.45) is -4.53. The van der Waals surface area contributed by atoms with Crippen LogP contribution < -0.4 is 9.64 Å². The molecular weight excluding hydrogens is 467 g/mol. The van der Waals surface area contributed by atoms with Crippen LogP contribution in [0.1, 0.15) is 29.9 Å². The van der Waals surface area contributed by atoms with Gasteiger partial charge in [-0.15, -0.1) is 11.3 Å². The topological polar surface area (TPSA) is 79.8 Å². The van der Waals surface area contributed by atoms with Crippen molar-refractivity contribution < 1.29 is 31.1 Å². The van der Waals surface area contributed by atoms with Crippen molar-refractivity contribution >= 4 is 32.2 Å². The number of sulfone groups is 1. The van der Waals surface area contributed by atoms with Gasteiger partial charge in [0.15, 0.2) is 15.0 Å². The van der Waals surface area contributed by atoms with E-state index in [2.05, 4.69) is 4.98 Å². The second kappa shape index (κ2) is 9.26. The molecule has 12 heteroatoms. The molecule has 1 fully saturated rings. The summed E-state index contributed by atoms with van der Waals surface area (Å²) in [4.78, 5) is 20.7. The molecule has 1 amide bonds. The van der Waals surface area contributed by atoms with E-state index >= 15 is 0 Å². The quantitative estimate of drug-likeness (QED) is 0.616. The van der Waals surface area contributed by atoms with Crippen LogP contribution in [0.2, 0.25) is 0 Å². The minimum atomic E-state index is -4.31. The monoisotopic (exact) mass is 491 g/mol. The van der Waals surface area contributed by atoms with Gasteiger partial charge in [0.2, 0.25) is 0 Å². The Kier molecular flexibility index (Phi) is 7.03. The molecule has 0 spiro atoms. The maximum Gasteiger partial charge on any atom is 0.394 e. The summed E-state index contributed by atoms with van der Waals surface area (Å²) < 4.78 is 67.3. The lowest BCUT2D eigenvalue weighted by Gasteiger charge is -2.35. The molecule has 0 unspecified atom stereocenters. The van der Waals surface area contributed by atoms with Gasteiger partial charge >= 0.3 is 6.18 Å².